The molecule has 0 aliphatic carbocycles. The molecule has 0 saturated heterocycles. The number of alkyl halides is 1. The highest BCUT2D eigenvalue weighted by molar-refractivity contribution is 6.33. The van der Waals surface area contributed by atoms with Gasteiger partial charge in [0, 0.05) is 10.0 Å². The number of halogens is 3. The summed E-state index contributed by atoms with van der Waals surface area (Å²) in [6.45, 7) is 0. The van der Waals surface area contributed by atoms with Crippen LogP contribution in [0.3, 0.4) is 0 Å². The summed E-state index contributed by atoms with van der Waals surface area (Å²) in [7, 11) is 0. The molecular formula is C13H9Cl3. The second-order valence-electron chi connectivity index (χ2n) is 3.44. The van der Waals surface area contributed by atoms with Crippen molar-refractivity contribution < 1.29 is 0 Å². The fourth-order valence-electron chi connectivity index (χ4n) is 1.49. The first-order chi connectivity index (χ1) is 7.68. The van der Waals surface area contributed by atoms with Crippen LogP contribution in [0.5, 0.6) is 0 Å². The molecule has 1 atom stereocenters. The lowest BCUT2D eigenvalue weighted by molar-refractivity contribution is 1.14. The number of rotatable bonds is 2. The Labute approximate surface area is 110 Å². The van der Waals surface area contributed by atoms with Gasteiger partial charge in [0.2, 0.25) is 0 Å². The van der Waals surface area contributed by atoms with Crippen molar-refractivity contribution in [2.45, 2.75) is 5.38 Å². The van der Waals surface area contributed by atoms with Crippen LogP contribution in [-0.2, 0) is 0 Å². The van der Waals surface area contributed by atoms with Gasteiger partial charge >= 0.3 is 0 Å². The van der Waals surface area contributed by atoms with Crippen molar-refractivity contribution in [2.75, 3.05) is 0 Å². The Morgan fingerprint density at radius 2 is 1.44 bits per heavy atom. The van der Waals surface area contributed by atoms with Crippen LogP contribution in [0, 0.1) is 0 Å². The van der Waals surface area contributed by atoms with E-state index >= 15 is 0 Å². The predicted molar refractivity (Wildman–Crippen MR) is 70.6 cm³/mol. The maximum atomic E-state index is 6.36. The van der Waals surface area contributed by atoms with E-state index in [0.717, 1.165) is 11.1 Å². The van der Waals surface area contributed by atoms with Gasteiger partial charge in [-0.3, -0.25) is 0 Å². The highest BCUT2D eigenvalue weighted by Crippen LogP contribution is 2.33. The van der Waals surface area contributed by atoms with Gasteiger partial charge in [-0.05, 0) is 29.3 Å². The van der Waals surface area contributed by atoms with Crippen LogP contribution in [0.2, 0.25) is 10.0 Å². The molecule has 0 spiro atoms. The van der Waals surface area contributed by atoms with Gasteiger partial charge in [0.1, 0.15) is 0 Å². The van der Waals surface area contributed by atoms with Crippen molar-refractivity contribution in [1.82, 2.24) is 0 Å². The highest BCUT2D eigenvalue weighted by Gasteiger charge is 2.13. The van der Waals surface area contributed by atoms with Gasteiger partial charge < -0.3 is 0 Å². The maximum absolute atomic E-state index is 6.36. The molecule has 1 unspecified atom stereocenters. The van der Waals surface area contributed by atoms with Crippen LogP contribution in [0.4, 0.5) is 0 Å². The SMILES string of the molecule is Clc1ccc(C(Cl)c2ccccc2Cl)cc1. The van der Waals surface area contributed by atoms with E-state index in [1.807, 2.05) is 48.5 Å². The molecule has 0 saturated carbocycles. The van der Waals surface area contributed by atoms with E-state index in [1.165, 1.54) is 0 Å². The maximum Gasteiger partial charge on any atom is 0.0849 e. The van der Waals surface area contributed by atoms with E-state index in [4.69, 9.17) is 34.8 Å². The third-order valence-electron chi connectivity index (χ3n) is 2.34. The van der Waals surface area contributed by atoms with E-state index in [-0.39, 0.29) is 5.38 Å². The minimum Gasteiger partial charge on any atom is -0.113 e. The normalized spacial score (nSPS) is 12.4. The lowest BCUT2D eigenvalue weighted by Gasteiger charge is -2.11. The Bertz CT molecular complexity index is 477. The summed E-state index contributed by atoms with van der Waals surface area (Å²) in [5.41, 5.74) is 1.90. The summed E-state index contributed by atoms with van der Waals surface area (Å²) >= 11 is 18.3. The van der Waals surface area contributed by atoms with E-state index in [2.05, 4.69) is 0 Å². The molecule has 0 aromatic heterocycles. The van der Waals surface area contributed by atoms with Crippen molar-refractivity contribution in [1.29, 1.82) is 0 Å². The zero-order valence-corrected chi connectivity index (χ0v) is 10.6. The molecule has 2 aromatic rings. The molecule has 0 aliphatic rings. The van der Waals surface area contributed by atoms with E-state index in [9.17, 15) is 0 Å². The molecular weight excluding hydrogens is 263 g/mol. The molecule has 0 nitrogen and oxygen atoms in total. The molecule has 0 heterocycles. The summed E-state index contributed by atoms with van der Waals surface area (Å²) < 4.78 is 0. The van der Waals surface area contributed by atoms with Crippen molar-refractivity contribution >= 4 is 34.8 Å². The quantitative estimate of drug-likeness (QED) is 0.648. The van der Waals surface area contributed by atoms with Gasteiger partial charge in [-0.15, -0.1) is 11.6 Å². The van der Waals surface area contributed by atoms with Gasteiger partial charge in [0.25, 0.3) is 0 Å². The standard InChI is InChI=1S/C13H9Cl3/c14-10-7-5-9(6-8-10)13(16)11-3-1-2-4-12(11)15/h1-8,13H. The molecule has 0 fully saturated rings. The van der Waals surface area contributed by atoms with E-state index in [0.29, 0.717) is 10.0 Å². The lowest BCUT2D eigenvalue weighted by Crippen LogP contribution is -1.93. The number of benzene rings is 2. The van der Waals surface area contributed by atoms with Crippen LogP contribution in [0.25, 0.3) is 0 Å². The Kier molecular flexibility index (Phi) is 3.75. The largest absolute Gasteiger partial charge is 0.113 e. The molecule has 82 valence electrons. The minimum absolute atomic E-state index is 0.244. The molecule has 2 rings (SSSR count). The van der Waals surface area contributed by atoms with Crippen LogP contribution in [0.15, 0.2) is 48.5 Å². The minimum atomic E-state index is -0.244. The monoisotopic (exact) mass is 270 g/mol. The molecule has 3 heteroatoms. The first-order valence-corrected chi connectivity index (χ1v) is 6.01. The van der Waals surface area contributed by atoms with Crippen LogP contribution in [-0.4, -0.2) is 0 Å². The summed E-state index contributed by atoms with van der Waals surface area (Å²) in [6, 6.07) is 15.0. The Morgan fingerprint density at radius 3 is 2.06 bits per heavy atom. The second kappa shape index (κ2) is 5.09. The van der Waals surface area contributed by atoms with Gasteiger partial charge in [-0.2, -0.15) is 0 Å². The highest BCUT2D eigenvalue weighted by atomic mass is 35.5. The molecule has 0 bridgehead atoms. The lowest BCUT2D eigenvalue weighted by atomic mass is 10.0. The Hall–Kier alpha value is -0.690. The molecule has 0 N–H and O–H groups in total. The van der Waals surface area contributed by atoms with Crippen molar-refractivity contribution in [3.05, 3.63) is 69.7 Å². The molecule has 16 heavy (non-hydrogen) atoms. The number of hydrogen-bond donors (Lipinski definition) is 0. The molecule has 2 aromatic carbocycles. The molecule has 0 amide bonds. The average molecular weight is 272 g/mol. The second-order valence-corrected chi connectivity index (χ2v) is 4.72. The Morgan fingerprint density at radius 1 is 0.812 bits per heavy atom. The van der Waals surface area contributed by atoms with Gasteiger partial charge in [0.15, 0.2) is 0 Å². The van der Waals surface area contributed by atoms with Gasteiger partial charge in [-0.25, -0.2) is 0 Å². The molecule has 0 radical (unpaired) electrons. The van der Waals surface area contributed by atoms with Crippen molar-refractivity contribution in [3.8, 4) is 0 Å². The van der Waals surface area contributed by atoms with Crippen molar-refractivity contribution in [2.24, 2.45) is 0 Å². The van der Waals surface area contributed by atoms with E-state index < -0.39 is 0 Å². The fourth-order valence-corrected chi connectivity index (χ4v) is 2.25. The first-order valence-electron chi connectivity index (χ1n) is 4.82. The van der Waals surface area contributed by atoms with Gasteiger partial charge in [0.05, 0.1) is 5.38 Å². The summed E-state index contributed by atoms with van der Waals surface area (Å²) in [5.74, 6) is 0. The average Bonchev–Trinajstić information content (AvgIpc) is 2.30. The third kappa shape index (κ3) is 2.52. The summed E-state index contributed by atoms with van der Waals surface area (Å²) in [4.78, 5) is 0. The van der Waals surface area contributed by atoms with Crippen LogP contribution < -0.4 is 0 Å². The Balaban J connectivity index is 2.35. The van der Waals surface area contributed by atoms with E-state index in [1.54, 1.807) is 0 Å². The third-order valence-corrected chi connectivity index (χ3v) is 3.42. The van der Waals surface area contributed by atoms with Crippen LogP contribution >= 0.6 is 34.8 Å². The first kappa shape index (κ1) is 11.8. The topological polar surface area (TPSA) is 0 Å². The predicted octanol–water partition coefficient (Wildman–Crippen LogP) is 5.32. The molecule has 0 aliphatic heterocycles. The fraction of sp³-hybridized carbons (Fsp3) is 0.0769. The van der Waals surface area contributed by atoms with Gasteiger partial charge in [-0.1, -0.05) is 53.5 Å². The summed E-state index contributed by atoms with van der Waals surface area (Å²) in [5, 5.41) is 1.13. The number of hydrogen-bond acceptors (Lipinski definition) is 0. The smallest absolute Gasteiger partial charge is 0.0849 e. The zero-order valence-electron chi connectivity index (χ0n) is 8.33. The zero-order chi connectivity index (χ0) is 11.5. The van der Waals surface area contributed by atoms with Crippen molar-refractivity contribution in [3.63, 3.8) is 0 Å². The van der Waals surface area contributed by atoms with Crippen LogP contribution in [0.1, 0.15) is 16.5 Å². The summed E-state index contributed by atoms with van der Waals surface area (Å²) in [6.07, 6.45) is 0.